The van der Waals surface area contributed by atoms with Gasteiger partial charge in [-0.05, 0) is 31.2 Å². The highest BCUT2D eigenvalue weighted by molar-refractivity contribution is 7.12. The van der Waals surface area contributed by atoms with E-state index in [0.29, 0.717) is 26.2 Å². The Morgan fingerprint density at radius 1 is 1.21 bits per heavy atom. The van der Waals surface area contributed by atoms with E-state index in [1.807, 2.05) is 27.3 Å². The molecule has 3 rings (SSSR count). The molecule has 1 aliphatic carbocycles. The largest absolute Gasteiger partial charge is 0.335 e. The Hall–Kier alpha value is -1.93. The molecule has 1 aromatic heterocycles. The number of thiophene rings is 1. The first-order valence-electron chi connectivity index (χ1n) is 8.23. The summed E-state index contributed by atoms with van der Waals surface area (Å²) in [5, 5.41) is 7.03. The molecule has 0 spiro atoms. The van der Waals surface area contributed by atoms with Crippen molar-refractivity contribution in [1.29, 1.82) is 0 Å². The van der Waals surface area contributed by atoms with Gasteiger partial charge >= 0.3 is 6.03 Å². The summed E-state index contributed by atoms with van der Waals surface area (Å²) in [6, 6.07) is 3.11. The molecule has 0 radical (unpaired) electrons. The first-order valence-corrected chi connectivity index (χ1v) is 9.11. The van der Waals surface area contributed by atoms with E-state index in [4.69, 9.17) is 0 Å². The van der Waals surface area contributed by atoms with Crippen LogP contribution in [0, 0.1) is 0 Å². The van der Waals surface area contributed by atoms with Gasteiger partial charge in [-0.15, -0.1) is 11.3 Å². The number of urea groups is 1. The molecular weight excluding hydrogens is 328 g/mol. The minimum atomic E-state index is -0.416. The van der Waals surface area contributed by atoms with Crippen molar-refractivity contribution in [3.63, 3.8) is 0 Å². The molecule has 8 heteroatoms. The lowest BCUT2D eigenvalue weighted by atomic mass is 10.2. The number of hydrogen-bond acceptors (Lipinski definition) is 5. The van der Waals surface area contributed by atoms with Gasteiger partial charge in [-0.25, -0.2) is 4.79 Å². The molecule has 2 fully saturated rings. The van der Waals surface area contributed by atoms with Crippen LogP contribution >= 0.6 is 11.3 Å². The number of piperazine rings is 1. The van der Waals surface area contributed by atoms with E-state index in [-0.39, 0.29) is 17.9 Å². The lowest BCUT2D eigenvalue weighted by molar-refractivity contribution is -0.125. The first kappa shape index (κ1) is 16.9. The average molecular weight is 350 g/mol. The Kier molecular flexibility index (Phi) is 5.15. The fourth-order valence-corrected chi connectivity index (χ4v) is 3.39. The van der Waals surface area contributed by atoms with Crippen LogP contribution < -0.4 is 10.6 Å². The third-order valence-electron chi connectivity index (χ3n) is 4.41. The van der Waals surface area contributed by atoms with E-state index in [2.05, 4.69) is 10.6 Å². The second-order valence-electron chi connectivity index (χ2n) is 6.22. The van der Waals surface area contributed by atoms with Gasteiger partial charge in [0.15, 0.2) is 0 Å². The highest BCUT2D eigenvalue weighted by atomic mass is 32.1. The SMILES string of the molecule is CC(C(=O)NC(=O)NC1CC1)N1CCN(C(=O)c2cccs2)CC1. The van der Waals surface area contributed by atoms with Gasteiger partial charge in [0.05, 0.1) is 10.9 Å². The monoisotopic (exact) mass is 350 g/mol. The van der Waals surface area contributed by atoms with Crippen molar-refractivity contribution in [1.82, 2.24) is 20.4 Å². The van der Waals surface area contributed by atoms with Crippen LogP contribution in [0.1, 0.15) is 29.4 Å². The Labute approximate surface area is 145 Å². The van der Waals surface area contributed by atoms with Gasteiger partial charge < -0.3 is 10.2 Å². The van der Waals surface area contributed by atoms with Crippen LogP contribution in [0.5, 0.6) is 0 Å². The zero-order valence-electron chi connectivity index (χ0n) is 13.7. The summed E-state index contributed by atoms with van der Waals surface area (Å²) < 4.78 is 0. The second-order valence-corrected chi connectivity index (χ2v) is 7.17. The summed E-state index contributed by atoms with van der Waals surface area (Å²) in [5.41, 5.74) is 0. The van der Waals surface area contributed by atoms with E-state index >= 15 is 0 Å². The molecule has 1 saturated carbocycles. The molecule has 1 atom stereocenters. The third-order valence-corrected chi connectivity index (χ3v) is 5.27. The molecule has 2 aliphatic rings. The Morgan fingerprint density at radius 2 is 1.92 bits per heavy atom. The van der Waals surface area contributed by atoms with Crippen molar-refractivity contribution in [3.05, 3.63) is 22.4 Å². The average Bonchev–Trinajstić information content (AvgIpc) is 3.22. The summed E-state index contributed by atoms with van der Waals surface area (Å²) in [6.07, 6.45) is 1.97. The standard InChI is InChI=1S/C16H22N4O3S/c1-11(14(21)18-16(23)17-12-4-5-12)19-6-8-20(9-7-19)15(22)13-3-2-10-24-13/h2-3,10-12H,4-9H2,1H3,(H2,17,18,21,23). The van der Waals surface area contributed by atoms with Gasteiger partial charge in [-0.1, -0.05) is 6.07 Å². The maximum Gasteiger partial charge on any atom is 0.321 e. The Bertz CT molecular complexity index is 607. The maximum absolute atomic E-state index is 12.3. The van der Waals surface area contributed by atoms with Gasteiger partial charge in [-0.2, -0.15) is 0 Å². The number of amides is 4. The van der Waals surface area contributed by atoms with Gasteiger partial charge in [0.1, 0.15) is 0 Å². The van der Waals surface area contributed by atoms with Crippen molar-refractivity contribution >= 4 is 29.2 Å². The predicted molar refractivity (Wildman–Crippen MR) is 91.0 cm³/mol. The Balaban J connectivity index is 1.45. The van der Waals surface area contributed by atoms with Crippen molar-refractivity contribution < 1.29 is 14.4 Å². The van der Waals surface area contributed by atoms with E-state index in [0.717, 1.165) is 17.7 Å². The zero-order valence-corrected chi connectivity index (χ0v) is 14.5. The van der Waals surface area contributed by atoms with E-state index in [1.54, 1.807) is 6.92 Å². The summed E-state index contributed by atoms with van der Waals surface area (Å²) >= 11 is 1.44. The summed E-state index contributed by atoms with van der Waals surface area (Å²) in [4.78, 5) is 40.7. The molecule has 7 nitrogen and oxygen atoms in total. The molecule has 2 heterocycles. The number of rotatable bonds is 4. The van der Waals surface area contributed by atoms with Crippen molar-refractivity contribution in [3.8, 4) is 0 Å². The number of nitrogens with zero attached hydrogens (tertiary/aromatic N) is 2. The van der Waals surface area contributed by atoms with E-state index in [1.165, 1.54) is 11.3 Å². The van der Waals surface area contributed by atoms with Crippen molar-refractivity contribution in [2.24, 2.45) is 0 Å². The van der Waals surface area contributed by atoms with Gasteiger partial charge in [0.25, 0.3) is 5.91 Å². The van der Waals surface area contributed by atoms with Crippen LogP contribution in [0.15, 0.2) is 17.5 Å². The molecule has 2 N–H and O–H groups in total. The fraction of sp³-hybridized carbons (Fsp3) is 0.562. The van der Waals surface area contributed by atoms with Crippen LogP contribution in [0.25, 0.3) is 0 Å². The van der Waals surface area contributed by atoms with Crippen LogP contribution in [-0.2, 0) is 4.79 Å². The normalized spacial score (nSPS) is 19.6. The lowest BCUT2D eigenvalue weighted by Gasteiger charge is -2.37. The maximum atomic E-state index is 12.3. The summed E-state index contributed by atoms with van der Waals surface area (Å²) in [7, 11) is 0. The lowest BCUT2D eigenvalue weighted by Crippen LogP contribution is -2.56. The molecular formula is C16H22N4O3S. The Morgan fingerprint density at radius 3 is 2.50 bits per heavy atom. The van der Waals surface area contributed by atoms with Gasteiger partial charge in [0, 0.05) is 32.2 Å². The molecule has 4 amide bonds. The number of nitrogens with one attached hydrogen (secondary N) is 2. The van der Waals surface area contributed by atoms with Gasteiger partial charge in [-0.3, -0.25) is 19.8 Å². The van der Waals surface area contributed by atoms with Crippen molar-refractivity contribution in [2.45, 2.75) is 31.8 Å². The molecule has 130 valence electrons. The molecule has 0 bridgehead atoms. The smallest absolute Gasteiger partial charge is 0.321 e. The summed E-state index contributed by atoms with van der Waals surface area (Å²) in [5.74, 6) is -0.253. The molecule has 1 unspecified atom stereocenters. The number of carbonyl (C=O) groups excluding carboxylic acids is 3. The summed E-state index contributed by atoms with van der Waals surface area (Å²) in [6.45, 7) is 4.20. The topological polar surface area (TPSA) is 81.8 Å². The van der Waals surface area contributed by atoms with Gasteiger partial charge in [0.2, 0.25) is 5.91 Å². The first-order chi connectivity index (χ1) is 11.5. The predicted octanol–water partition coefficient (Wildman–Crippen LogP) is 0.883. The zero-order chi connectivity index (χ0) is 17.1. The highest BCUT2D eigenvalue weighted by Gasteiger charge is 2.30. The third kappa shape index (κ3) is 4.12. The molecule has 24 heavy (non-hydrogen) atoms. The molecule has 1 saturated heterocycles. The van der Waals surface area contributed by atoms with E-state index < -0.39 is 12.1 Å². The fourth-order valence-electron chi connectivity index (χ4n) is 2.70. The minimum absolute atomic E-state index is 0.0468. The number of hydrogen-bond donors (Lipinski definition) is 2. The molecule has 0 aromatic carbocycles. The van der Waals surface area contributed by atoms with Crippen LogP contribution in [-0.4, -0.2) is 65.9 Å². The second kappa shape index (κ2) is 7.31. The minimum Gasteiger partial charge on any atom is -0.335 e. The molecule has 1 aromatic rings. The van der Waals surface area contributed by atoms with Crippen LogP contribution in [0.4, 0.5) is 4.79 Å². The quantitative estimate of drug-likeness (QED) is 0.845. The van der Waals surface area contributed by atoms with Crippen molar-refractivity contribution in [2.75, 3.05) is 26.2 Å². The highest BCUT2D eigenvalue weighted by Crippen LogP contribution is 2.18. The van der Waals surface area contributed by atoms with Crippen LogP contribution in [0.2, 0.25) is 0 Å². The number of imide groups is 1. The number of carbonyl (C=O) groups is 3. The van der Waals surface area contributed by atoms with Crippen LogP contribution in [0.3, 0.4) is 0 Å². The molecule has 1 aliphatic heterocycles. The van der Waals surface area contributed by atoms with E-state index in [9.17, 15) is 14.4 Å².